The average Bonchev–Trinajstić information content (AvgIpc) is 2.42. The van der Waals surface area contributed by atoms with E-state index in [-0.39, 0.29) is 0 Å². The topological polar surface area (TPSA) is 34.2 Å². The van der Waals surface area contributed by atoms with Crippen molar-refractivity contribution in [3.63, 3.8) is 0 Å². The maximum Gasteiger partial charge on any atom is 0.222 e. The van der Waals surface area contributed by atoms with Gasteiger partial charge in [-0.3, -0.25) is 0 Å². The maximum absolute atomic E-state index is 5.94. The van der Waals surface area contributed by atoms with Crippen molar-refractivity contribution in [3.05, 3.63) is 52.2 Å². The molecule has 0 radical (unpaired) electrons. The molecule has 1 heterocycles. The molecule has 1 aromatic heterocycles. The number of aromatic nitrogens is 1. The molecule has 20 heavy (non-hydrogen) atoms. The van der Waals surface area contributed by atoms with Crippen LogP contribution in [-0.4, -0.2) is 11.5 Å². The quantitative estimate of drug-likeness (QED) is 0.894. The molecule has 0 unspecified atom stereocenters. The normalized spacial score (nSPS) is 10.6. The summed E-state index contributed by atoms with van der Waals surface area (Å²) in [6, 6.07) is 7.66. The summed E-state index contributed by atoms with van der Waals surface area (Å²) in [6.07, 6.45) is 1.84. The monoisotopic (exact) mass is 290 g/mol. The third-order valence-corrected chi connectivity index (χ3v) is 3.24. The highest BCUT2D eigenvalue weighted by Crippen LogP contribution is 2.28. The fourth-order valence-electron chi connectivity index (χ4n) is 1.92. The van der Waals surface area contributed by atoms with Gasteiger partial charge >= 0.3 is 0 Å². The SMILES string of the molecule is CCNCc1cnc(Oc2ccc(Cl)cc2C)c(C)c1. The molecular formula is C16H19ClN2O. The number of halogens is 1. The van der Waals surface area contributed by atoms with E-state index in [1.807, 2.05) is 38.2 Å². The Morgan fingerprint density at radius 2 is 2.00 bits per heavy atom. The van der Waals surface area contributed by atoms with Crippen molar-refractivity contribution < 1.29 is 4.74 Å². The molecule has 3 nitrogen and oxygen atoms in total. The van der Waals surface area contributed by atoms with E-state index in [4.69, 9.17) is 16.3 Å². The third kappa shape index (κ3) is 3.71. The average molecular weight is 291 g/mol. The van der Waals surface area contributed by atoms with Crippen LogP contribution in [0.15, 0.2) is 30.5 Å². The van der Waals surface area contributed by atoms with E-state index in [9.17, 15) is 0 Å². The number of benzene rings is 1. The van der Waals surface area contributed by atoms with Gasteiger partial charge in [0, 0.05) is 23.3 Å². The molecule has 0 aliphatic heterocycles. The van der Waals surface area contributed by atoms with Gasteiger partial charge in [0.2, 0.25) is 5.88 Å². The zero-order chi connectivity index (χ0) is 14.5. The van der Waals surface area contributed by atoms with Crippen LogP contribution in [-0.2, 0) is 6.54 Å². The summed E-state index contributed by atoms with van der Waals surface area (Å²) in [6.45, 7) is 7.83. The molecule has 106 valence electrons. The molecule has 1 aromatic carbocycles. The van der Waals surface area contributed by atoms with Gasteiger partial charge < -0.3 is 10.1 Å². The Hall–Kier alpha value is -1.58. The number of hydrogen-bond acceptors (Lipinski definition) is 3. The zero-order valence-electron chi connectivity index (χ0n) is 12.0. The van der Waals surface area contributed by atoms with Crippen molar-refractivity contribution in [2.45, 2.75) is 27.3 Å². The number of hydrogen-bond donors (Lipinski definition) is 1. The molecule has 1 N–H and O–H groups in total. The van der Waals surface area contributed by atoms with Gasteiger partial charge in [0.1, 0.15) is 5.75 Å². The highest BCUT2D eigenvalue weighted by Gasteiger charge is 2.07. The van der Waals surface area contributed by atoms with Crippen molar-refractivity contribution in [3.8, 4) is 11.6 Å². The molecular weight excluding hydrogens is 272 g/mol. The predicted octanol–water partition coefficient (Wildman–Crippen LogP) is 4.25. The van der Waals surface area contributed by atoms with Crippen LogP contribution in [0, 0.1) is 13.8 Å². The summed E-state index contributed by atoms with van der Waals surface area (Å²) >= 11 is 5.94. The minimum atomic E-state index is 0.635. The Kier molecular flexibility index (Phi) is 4.99. The van der Waals surface area contributed by atoms with Gasteiger partial charge in [-0.25, -0.2) is 4.98 Å². The van der Waals surface area contributed by atoms with E-state index in [0.29, 0.717) is 10.9 Å². The molecule has 2 rings (SSSR count). The number of nitrogens with one attached hydrogen (secondary N) is 1. The number of nitrogens with zero attached hydrogens (tertiary/aromatic N) is 1. The van der Waals surface area contributed by atoms with Crippen molar-refractivity contribution in [1.29, 1.82) is 0 Å². The second-order valence-corrected chi connectivity index (χ2v) is 5.19. The molecule has 0 saturated carbocycles. The Morgan fingerprint density at radius 3 is 2.65 bits per heavy atom. The van der Waals surface area contributed by atoms with Gasteiger partial charge in [0.15, 0.2) is 0 Å². The van der Waals surface area contributed by atoms with Crippen LogP contribution in [0.4, 0.5) is 0 Å². The lowest BCUT2D eigenvalue weighted by atomic mass is 10.2. The van der Waals surface area contributed by atoms with Crippen LogP contribution >= 0.6 is 11.6 Å². The second kappa shape index (κ2) is 6.73. The molecule has 0 saturated heterocycles. The Balaban J connectivity index is 2.17. The van der Waals surface area contributed by atoms with Gasteiger partial charge in [-0.2, -0.15) is 0 Å². The lowest BCUT2D eigenvalue weighted by molar-refractivity contribution is 0.455. The van der Waals surface area contributed by atoms with E-state index in [1.165, 1.54) is 0 Å². The molecule has 0 amide bonds. The van der Waals surface area contributed by atoms with Gasteiger partial charge in [-0.15, -0.1) is 0 Å². The summed E-state index contributed by atoms with van der Waals surface area (Å²) in [5, 5.41) is 3.99. The first-order chi connectivity index (χ1) is 9.60. The number of ether oxygens (including phenoxy) is 1. The van der Waals surface area contributed by atoms with Crippen LogP contribution in [0.5, 0.6) is 11.6 Å². The molecule has 2 aromatic rings. The molecule has 0 spiro atoms. The van der Waals surface area contributed by atoms with Crippen LogP contribution in [0.2, 0.25) is 5.02 Å². The predicted molar refractivity (Wildman–Crippen MR) is 82.6 cm³/mol. The Morgan fingerprint density at radius 1 is 1.20 bits per heavy atom. The Bertz CT molecular complexity index is 599. The van der Waals surface area contributed by atoms with Crippen LogP contribution < -0.4 is 10.1 Å². The minimum absolute atomic E-state index is 0.635. The smallest absolute Gasteiger partial charge is 0.222 e. The molecule has 0 aliphatic carbocycles. The van der Waals surface area contributed by atoms with Gasteiger partial charge in [0.05, 0.1) is 0 Å². The largest absolute Gasteiger partial charge is 0.438 e. The third-order valence-electron chi connectivity index (χ3n) is 3.01. The van der Waals surface area contributed by atoms with Gasteiger partial charge in [-0.05, 0) is 55.8 Å². The summed E-state index contributed by atoms with van der Waals surface area (Å²) in [5.74, 6) is 1.42. The van der Waals surface area contributed by atoms with E-state index in [0.717, 1.165) is 35.5 Å². The molecule has 0 fully saturated rings. The summed E-state index contributed by atoms with van der Waals surface area (Å²) in [4.78, 5) is 4.39. The first-order valence-corrected chi connectivity index (χ1v) is 7.08. The molecule has 0 bridgehead atoms. The highest BCUT2D eigenvalue weighted by atomic mass is 35.5. The standard InChI is InChI=1S/C16H19ClN2O/c1-4-18-9-13-7-12(3)16(19-10-13)20-15-6-5-14(17)8-11(15)2/h5-8,10,18H,4,9H2,1-3H3. The molecule has 0 atom stereocenters. The second-order valence-electron chi connectivity index (χ2n) is 4.76. The fourth-order valence-corrected chi connectivity index (χ4v) is 2.15. The molecule has 0 aliphatic rings. The summed E-state index contributed by atoms with van der Waals surface area (Å²) in [5.41, 5.74) is 3.18. The first kappa shape index (κ1) is 14.8. The zero-order valence-corrected chi connectivity index (χ0v) is 12.8. The lowest BCUT2D eigenvalue weighted by Crippen LogP contribution is -2.12. The number of rotatable bonds is 5. The van der Waals surface area contributed by atoms with Crippen LogP contribution in [0.3, 0.4) is 0 Å². The first-order valence-electron chi connectivity index (χ1n) is 6.70. The van der Waals surface area contributed by atoms with Crippen molar-refractivity contribution in [2.75, 3.05) is 6.54 Å². The lowest BCUT2D eigenvalue weighted by Gasteiger charge is -2.11. The van der Waals surface area contributed by atoms with Gasteiger partial charge in [0.25, 0.3) is 0 Å². The fraction of sp³-hybridized carbons (Fsp3) is 0.312. The summed E-state index contributed by atoms with van der Waals surface area (Å²) in [7, 11) is 0. The highest BCUT2D eigenvalue weighted by molar-refractivity contribution is 6.30. The maximum atomic E-state index is 5.94. The van der Waals surface area contributed by atoms with Crippen LogP contribution in [0.25, 0.3) is 0 Å². The Labute approximate surface area is 124 Å². The minimum Gasteiger partial charge on any atom is -0.438 e. The molecule has 4 heteroatoms. The van der Waals surface area contributed by atoms with Gasteiger partial charge in [-0.1, -0.05) is 18.5 Å². The van der Waals surface area contributed by atoms with E-state index >= 15 is 0 Å². The van der Waals surface area contributed by atoms with Crippen molar-refractivity contribution in [2.24, 2.45) is 0 Å². The van der Waals surface area contributed by atoms with E-state index < -0.39 is 0 Å². The van der Waals surface area contributed by atoms with E-state index in [2.05, 4.69) is 23.3 Å². The van der Waals surface area contributed by atoms with Crippen molar-refractivity contribution >= 4 is 11.6 Å². The van der Waals surface area contributed by atoms with Crippen molar-refractivity contribution in [1.82, 2.24) is 10.3 Å². The number of aryl methyl sites for hydroxylation is 2. The van der Waals surface area contributed by atoms with E-state index in [1.54, 1.807) is 0 Å². The van der Waals surface area contributed by atoms with Crippen LogP contribution in [0.1, 0.15) is 23.6 Å². The summed E-state index contributed by atoms with van der Waals surface area (Å²) < 4.78 is 5.86. The number of pyridine rings is 1.